The highest BCUT2D eigenvalue weighted by atomic mass is 19.1. The molecular weight excluding hydrogens is 363 g/mol. The predicted molar refractivity (Wildman–Crippen MR) is 116 cm³/mol. The van der Waals surface area contributed by atoms with Gasteiger partial charge in [-0.05, 0) is 73.6 Å². The van der Waals surface area contributed by atoms with Crippen molar-refractivity contribution < 1.29 is 13.9 Å². The summed E-state index contributed by atoms with van der Waals surface area (Å²) < 4.78 is 18.3. The average Bonchev–Trinajstić information content (AvgIpc) is 2.75. The molecule has 1 aromatic carbocycles. The third-order valence-corrected chi connectivity index (χ3v) is 7.40. The quantitative estimate of drug-likeness (QED) is 0.240. The Bertz CT molecular complexity index is 604. The highest BCUT2D eigenvalue weighted by Gasteiger charge is 2.31. The Labute approximate surface area is 176 Å². The minimum atomic E-state index is -0.312. The van der Waals surface area contributed by atoms with Gasteiger partial charge in [-0.15, -0.1) is 0 Å². The number of unbranched alkanes of at least 4 members (excludes halogenated alkanes) is 2. The van der Waals surface area contributed by atoms with Crippen LogP contribution in [-0.4, -0.2) is 5.97 Å². The molecule has 2 atom stereocenters. The van der Waals surface area contributed by atoms with Crippen molar-refractivity contribution in [2.45, 2.75) is 96.8 Å². The van der Waals surface area contributed by atoms with E-state index in [-0.39, 0.29) is 11.8 Å². The van der Waals surface area contributed by atoms with Gasteiger partial charge in [-0.2, -0.15) is 0 Å². The molecule has 1 aromatic rings. The summed E-state index contributed by atoms with van der Waals surface area (Å²) in [5.41, 5.74) is 0. The number of carbonyl (C=O) groups excluding carboxylic acids is 1. The summed E-state index contributed by atoms with van der Waals surface area (Å²) in [6.45, 7) is 2.29. The van der Waals surface area contributed by atoms with Crippen molar-refractivity contribution in [2.75, 3.05) is 0 Å². The molecule has 3 rings (SSSR count). The number of rotatable bonds is 9. The lowest BCUT2D eigenvalue weighted by Crippen LogP contribution is -2.27. The van der Waals surface area contributed by atoms with Crippen LogP contribution in [0.1, 0.15) is 96.8 Å². The Balaban J connectivity index is 1.36. The number of hydrogen-bond donors (Lipinski definition) is 0. The topological polar surface area (TPSA) is 26.3 Å². The summed E-state index contributed by atoms with van der Waals surface area (Å²) >= 11 is 0. The normalized spacial score (nSPS) is 27.5. The highest BCUT2D eigenvalue weighted by Crippen LogP contribution is 2.43. The molecule has 0 spiro atoms. The van der Waals surface area contributed by atoms with Gasteiger partial charge in [0.25, 0.3) is 0 Å². The number of carbonyl (C=O) groups is 1. The second-order valence-electron chi connectivity index (χ2n) is 9.54. The number of esters is 1. The zero-order valence-corrected chi connectivity index (χ0v) is 18.2. The summed E-state index contributed by atoms with van der Waals surface area (Å²) in [6, 6.07) is 5.69. The first-order chi connectivity index (χ1) is 14.1. The summed E-state index contributed by atoms with van der Waals surface area (Å²) in [4.78, 5) is 12.2. The number of hydrogen-bond acceptors (Lipinski definition) is 2. The Morgan fingerprint density at radius 1 is 0.931 bits per heavy atom. The minimum absolute atomic E-state index is 0.189. The fraction of sp³-hybridized carbons (Fsp3) is 0.731. The molecule has 0 aliphatic heterocycles. The van der Waals surface area contributed by atoms with Crippen LogP contribution in [0.25, 0.3) is 0 Å². The fourth-order valence-corrected chi connectivity index (χ4v) is 5.66. The highest BCUT2D eigenvalue weighted by molar-refractivity contribution is 5.72. The van der Waals surface area contributed by atoms with E-state index in [4.69, 9.17) is 4.74 Å². The Hall–Kier alpha value is -1.38. The van der Waals surface area contributed by atoms with Crippen molar-refractivity contribution >= 4 is 5.97 Å². The summed E-state index contributed by atoms with van der Waals surface area (Å²) in [6.07, 6.45) is 18.0. The monoisotopic (exact) mass is 402 g/mol. The van der Waals surface area contributed by atoms with E-state index in [1.807, 2.05) is 0 Å². The first-order valence-electron chi connectivity index (χ1n) is 12.1. The van der Waals surface area contributed by atoms with Gasteiger partial charge >= 0.3 is 5.97 Å². The Morgan fingerprint density at radius 3 is 2.41 bits per heavy atom. The van der Waals surface area contributed by atoms with Crippen molar-refractivity contribution in [2.24, 2.45) is 23.7 Å². The van der Waals surface area contributed by atoms with Crippen molar-refractivity contribution in [3.05, 3.63) is 30.1 Å². The molecule has 0 N–H and O–H groups in total. The van der Waals surface area contributed by atoms with Crippen LogP contribution in [0.4, 0.5) is 4.39 Å². The standard InChI is InChI=1S/C26H39FO2/c1-2-3-4-6-20-9-12-22(13-10-20)23-8-5-7-21(19-23)11-18-26(28)29-25-16-14-24(27)15-17-25/h14-17,20-23H,2-13,18-19H2,1H3/t20-,21?,22-,23-/m0/s1. The van der Waals surface area contributed by atoms with Crippen LogP contribution in [0.2, 0.25) is 0 Å². The van der Waals surface area contributed by atoms with Gasteiger partial charge in [0.05, 0.1) is 0 Å². The lowest BCUT2D eigenvalue weighted by molar-refractivity contribution is -0.134. The molecule has 2 saturated carbocycles. The first-order valence-corrected chi connectivity index (χ1v) is 12.1. The fourth-order valence-electron chi connectivity index (χ4n) is 5.66. The Kier molecular flexibility index (Phi) is 9.01. The third kappa shape index (κ3) is 7.42. The summed E-state index contributed by atoms with van der Waals surface area (Å²) in [7, 11) is 0. The van der Waals surface area contributed by atoms with E-state index in [9.17, 15) is 9.18 Å². The largest absolute Gasteiger partial charge is 0.427 e. The number of halogens is 1. The molecule has 2 aliphatic rings. The molecule has 2 aliphatic carbocycles. The van der Waals surface area contributed by atoms with E-state index < -0.39 is 0 Å². The summed E-state index contributed by atoms with van der Waals surface area (Å²) in [5, 5.41) is 0. The van der Waals surface area contributed by atoms with E-state index in [0.29, 0.717) is 18.1 Å². The minimum Gasteiger partial charge on any atom is -0.427 e. The lowest BCUT2D eigenvalue weighted by atomic mass is 9.67. The molecule has 0 heterocycles. The van der Waals surface area contributed by atoms with Crippen LogP contribution >= 0.6 is 0 Å². The molecule has 0 aromatic heterocycles. The van der Waals surface area contributed by atoms with Gasteiger partial charge in [0.1, 0.15) is 11.6 Å². The van der Waals surface area contributed by atoms with E-state index in [2.05, 4.69) is 6.92 Å². The molecule has 1 unspecified atom stereocenters. The van der Waals surface area contributed by atoms with Gasteiger partial charge in [0.2, 0.25) is 0 Å². The van der Waals surface area contributed by atoms with Gasteiger partial charge in [-0.25, -0.2) is 4.39 Å². The SMILES string of the molecule is CCCCC[C@H]1CC[C@H]([C@H]2CCCC(CCC(=O)Oc3ccc(F)cc3)C2)CC1. The molecule has 162 valence electrons. The van der Waals surface area contributed by atoms with Crippen LogP contribution in [0.15, 0.2) is 24.3 Å². The Morgan fingerprint density at radius 2 is 1.69 bits per heavy atom. The van der Waals surface area contributed by atoms with Crippen LogP contribution in [0, 0.1) is 29.5 Å². The zero-order valence-electron chi connectivity index (χ0n) is 18.2. The summed E-state index contributed by atoms with van der Waals surface area (Å²) in [5.74, 6) is 3.38. The molecule has 2 fully saturated rings. The molecule has 0 amide bonds. The number of ether oxygens (including phenoxy) is 1. The molecule has 29 heavy (non-hydrogen) atoms. The van der Waals surface area contributed by atoms with Crippen molar-refractivity contribution in [3.63, 3.8) is 0 Å². The van der Waals surface area contributed by atoms with E-state index in [1.54, 1.807) is 0 Å². The smallest absolute Gasteiger partial charge is 0.311 e. The number of benzene rings is 1. The maximum Gasteiger partial charge on any atom is 0.311 e. The molecule has 0 radical (unpaired) electrons. The maximum atomic E-state index is 13.0. The van der Waals surface area contributed by atoms with Crippen molar-refractivity contribution in [3.8, 4) is 5.75 Å². The second-order valence-corrected chi connectivity index (χ2v) is 9.54. The van der Waals surface area contributed by atoms with Crippen molar-refractivity contribution in [1.82, 2.24) is 0 Å². The molecule has 3 heteroatoms. The van der Waals surface area contributed by atoms with Crippen LogP contribution in [-0.2, 0) is 4.79 Å². The van der Waals surface area contributed by atoms with Gasteiger partial charge < -0.3 is 4.74 Å². The van der Waals surface area contributed by atoms with Gasteiger partial charge in [0.15, 0.2) is 0 Å². The lowest BCUT2D eigenvalue weighted by Gasteiger charge is -2.38. The average molecular weight is 403 g/mol. The van der Waals surface area contributed by atoms with Crippen LogP contribution in [0.5, 0.6) is 5.75 Å². The predicted octanol–water partition coefficient (Wildman–Crippen LogP) is 7.70. The first kappa shape index (κ1) is 22.3. The van der Waals surface area contributed by atoms with E-state index >= 15 is 0 Å². The van der Waals surface area contributed by atoms with Gasteiger partial charge in [-0.3, -0.25) is 4.79 Å². The van der Waals surface area contributed by atoms with Crippen LogP contribution in [0.3, 0.4) is 0 Å². The second kappa shape index (κ2) is 11.7. The van der Waals surface area contributed by atoms with E-state index in [1.165, 1.54) is 101 Å². The zero-order chi connectivity index (χ0) is 20.5. The molecule has 0 saturated heterocycles. The molecule has 0 bridgehead atoms. The third-order valence-electron chi connectivity index (χ3n) is 7.40. The molecular formula is C26H39FO2. The molecule has 2 nitrogen and oxygen atoms in total. The van der Waals surface area contributed by atoms with E-state index in [0.717, 1.165) is 24.2 Å². The van der Waals surface area contributed by atoms with Gasteiger partial charge in [-0.1, -0.05) is 64.7 Å². The van der Waals surface area contributed by atoms with Crippen LogP contribution < -0.4 is 4.74 Å². The maximum absolute atomic E-state index is 13.0. The van der Waals surface area contributed by atoms with Crippen molar-refractivity contribution in [1.29, 1.82) is 0 Å². The van der Waals surface area contributed by atoms with Gasteiger partial charge in [0, 0.05) is 6.42 Å².